The van der Waals surface area contributed by atoms with Crippen LogP contribution in [0.1, 0.15) is 12.6 Å². The number of halogens is 1. The van der Waals surface area contributed by atoms with Crippen LogP contribution in [0, 0.1) is 5.82 Å². The van der Waals surface area contributed by atoms with Gasteiger partial charge in [-0.05, 0) is 13.5 Å². The maximum Gasteiger partial charge on any atom is 0.186 e. The molecule has 78 valence electrons. The normalized spacial score (nSPS) is 10.2. The van der Waals surface area contributed by atoms with Gasteiger partial charge in [0.25, 0.3) is 0 Å². The SMILES string of the molecule is CCc1ncnc(NCCNC)c1F. The Bertz CT molecular complexity index is 290. The third-order valence-electron chi connectivity index (χ3n) is 1.86. The summed E-state index contributed by atoms with van der Waals surface area (Å²) in [5, 5.41) is 5.86. The first-order valence-corrected chi connectivity index (χ1v) is 4.67. The van der Waals surface area contributed by atoms with Crippen LogP contribution in [0.3, 0.4) is 0 Å². The van der Waals surface area contributed by atoms with Crippen molar-refractivity contribution < 1.29 is 4.39 Å². The Labute approximate surface area is 83.0 Å². The van der Waals surface area contributed by atoms with Gasteiger partial charge >= 0.3 is 0 Å². The lowest BCUT2D eigenvalue weighted by molar-refractivity contribution is 0.596. The Morgan fingerprint density at radius 2 is 2.14 bits per heavy atom. The Morgan fingerprint density at radius 1 is 1.36 bits per heavy atom. The molecule has 0 aliphatic heterocycles. The van der Waals surface area contributed by atoms with Crippen LogP contribution in [-0.2, 0) is 6.42 Å². The molecule has 1 heterocycles. The first-order valence-electron chi connectivity index (χ1n) is 4.67. The molecular formula is C9H15FN4. The zero-order valence-corrected chi connectivity index (χ0v) is 8.47. The van der Waals surface area contributed by atoms with Crippen LogP contribution >= 0.6 is 0 Å². The summed E-state index contributed by atoms with van der Waals surface area (Å²) in [7, 11) is 1.84. The van der Waals surface area contributed by atoms with E-state index in [1.54, 1.807) is 0 Å². The van der Waals surface area contributed by atoms with Crippen LogP contribution in [0.15, 0.2) is 6.33 Å². The number of aromatic nitrogens is 2. The first-order chi connectivity index (χ1) is 6.79. The summed E-state index contributed by atoms with van der Waals surface area (Å²) in [5.41, 5.74) is 0.451. The number of hydrogen-bond acceptors (Lipinski definition) is 4. The van der Waals surface area contributed by atoms with Crippen LogP contribution < -0.4 is 10.6 Å². The third kappa shape index (κ3) is 2.63. The highest BCUT2D eigenvalue weighted by Crippen LogP contribution is 2.12. The smallest absolute Gasteiger partial charge is 0.186 e. The van der Waals surface area contributed by atoms with Gasteiger partial charge in [-0.3, -0.25) is 0 Å². The molecule has 0 saturated carbocycles. The van der Waals surface area contributed by atoms with Gasteiger partial charge in [0.2, 0.25) is 0 Å². The van der Waals surface area contributed by atoms with Gasteiger partial charge in [0, 0.05) is 13.1 Å². The second-order valence-corrected chi connectivity index (χ2v) is 2.87. The molecular weight excluding hydrogens is 183 g/mol. The summed E-state index contributed by atoms with van der Waals surface area (Å²) in [6.45, 7) is 3.28. The van der Waals surface area contributed by atoms with E-state index in [1.165, 1.54) is 6.33 Å². The maximum atomic E-state index is 13.5. The summed E-state index contributed by atoms with van der Waals surface area (Å²) >= 11 is 0. The van der Waals surface area contributed by atoms with E-state index in [4.69, 9.17) is 0 Å². The van der Waals surface area contributed by atoms with Crippen molar-refractivity contribution in [2.45, 2.75) is 13.3 Å². The van der Waals surface area contributed by atoms with Crippen LogP contribution in [0.2, 0.25) is 0 Å². The fraction of sp³-hybridized carbons (Fsp3) is 0.556. The van der Waals surface area contributed by atoms with Crippen LogP contribution in [0.4, 0.5) is 10.2 Å². The molecule has 2 N–H and O–H groups in total. The highest BCUT2D eigenvalue weighted by Gasteiger charge is 2.07. The highest BCUT2D eigenvalue weighted by molar-refractivity contribution is 5.37. The van der Waals surface area contributed by atoms with Crippen molar-refractivity contribution in [2.24, 2.45) is 0 Å². The summed E-state index contributed by atoms with van der Waals surface area (Å²) in [5.74, 6) is -0.0572. The Kier molecular flexibility index (Phi) is 4.25. The minimum Gasteiger partial charge on any atom is -0.366 e. The van der Waals surface area contributed by atoms with Crippen molar-refractivity contribution in [3.63, 3.8) is 0 Å². The zero-order chi connectivity index (χ0) is 10.4. The maximum absolute atomic E-state index is 13.5. The van der Waals surface area contributed by atoms with Crippen molar-refractivity contribution in [1.82, 2.24) is 15.3 Å². The molecule has 0 fully saturated rings. The Hall–Kier alpha value is -1.23. The molecule has 0 aromatic carbocycles. The van der Waals surface area contributed by atoms with Crippen LogP contribution in [0.5, 0.6) is 0 Å². The topological polar surface area (TPSA) is 49.8 Å². The summed E-state index contributed by atoms with van der Waals surface area (Å²) < 4.78 is 13.5. The predicted octanol–water partition coefficient (Wildman–Crippen LogP) is 0.809. The predicted molar refractivity (Wildman–Crippen MR) is 53.8 cm³/mol. The standard InChI is InChI=1S/C9H15FN4/c1-3-7-8(10)9(14-6-13-7)12-5-4-11-2/h6,11H,3-5H2,1-2H3,(H,12,13,14). The second-order valence-electron chi connectivity index (χ2n) is 2.87. The van der Waals surface area contributed by atoms with Crippen LogP contribution in [-0.4, -0.2) is 30.1 Å². The molecule has 0 radical (unpaired) electrons. The number of likely N-dealkylation sites (N-methyl/N-ethyl adjacent to an activating group) is 1. The van der Waals surface area contributed by atoms with Gasteiger partial charge in [0.15, 0.2) is 11.6 Å². The highest BCUT2D eigenvalue weighted by atomic mass is 19.1. The van der Waals surface area contributed by atoms with Gasteiger partial charge < -0.3 is 10.6 Å². The molecule has 1 rings (SSSR count). The summed E-state index contributed by atoms with van der Waals surface area (Å²) in [6.07, 6.45) is 1.96. The molecule has 0 aliphatic rings. The number of hydrogen-bond donors (Lipinski definition) is 2. The molecule has 0 atom stereocenters. The average molecular weight is 198 g/mol. The molecule has 0 saturated heterocycles. The van der Waals surface area contributed by atoms with Gasteiger partial charge in [0.1, 0.15) is 6.33 Å². The van der Waals surface area contributed by atoms with Gasteiger partial charge in [-0.2, -0.15) is 0 Å². The van der Waals surface area contributed by atoms with Gasteiger partial charge in [-0.25, -0.2) is 14.4 Å². The van der Waals surface area contributed by atoms with Gasteiger partial charge in [0.05, 0.1) is 5.69 Å². The molecule has 0 unspecified atom stereocenters. The molecule has 1 aromatic heterocycles. The quantitative estimate of drug-likeness (QED) is 0.687. The van der Waals surface area contributed by atoms with Gasteiger partial charge in [-0.15, -0.1) is 0 Å². The fourth-order valence-electron chi connectivity index (χ4n) is 1.08. The van der Waals surface area contributed by atoms with Crippen molar-refractivity contribution >= 4 is 5.82 Å². The lowest BCUT2D eigenvalue weighted by Crippen LogP contribution is -2.19. The Balaban J connectivity index is 2.66. The van der Waals surface area contributed by atoms with E-state index >= 15 is 0 Å². The second kappa shape index (κ2) is 5.49. The summed E-state index contributed by atoms with van der Waals surface area (Å²) in [4.78, 5) is 7.68. The number of nitrogens with zero attached hydrogens (tertiary/aromatic N) is 2. The van der Waals surface area contributed by atoms with Crippen LogP contribution in [0.25, 0.3) is 0 Å². The fourth-order valence-corrected chi connectivity index (χ4v) is 1.08. The Morgan fingerprint density at radius 3 is 2.79 bits per heavy atom. The van der Waals surface area contributed by atoms with Crippen molar-refractivity contribution in [3.05, 3.63) is 17.8 Å². The van der Waals surface area contributed by atoms with E-state index in [0.29, 0.717) is 18.7 Å². The number of anilines is 1. The van der Waals surface area contributed by atoms with E-state index in [2.05, 4.69) is 20.6 Å². The van der Waals surface area contributed by atoms with E-state index in [0.717, 1.165) is 6.54 Å². The largest absolute Gasteiger partial charge is 0.366 e. The molecule has 14 heavy (non-hydrogen) atoms. The van der Waals surface area contributed by atoms with Crippen molar-refractivity contribution in [2.75, 3.05) is 25.5 Å². The molecule has 0 aliphatic carbocycles. The summed E-state index contributed by atoms with van der Waals surface area (Å²) in [6, 6.07) is 0. The van der Waals surface area contributed by atoms with Crippen molar-refractivity contribution in [1.29, 1.82) is 0 Å². The number of aryl methyl sites for hydroxylation is 1. The minimum absolute atomic E-state index is 0.284. The zero-order valence-electron chi connectivity index (χ0n) is 8.47. The van der Waals surface area contributed by atoms with E-state index in [1.807, 2.05) is 14.0 Å². The minimum atomic E-state index is -0.342. The molecule has 0 spiro atoms. The molecule has 0 amide bonds. The van der Waals surface area contributed by atoms with Crippen molar-refractivity contribution in [3.8, 4) is 0 Å². The third-order valence-corrected chi connectivity index (χ3v) is 1.86. The molecule has 0 bridgehead atoms. The number of nitrogens with one attached hydrogen (secondary N) is 2. The van der Waals surface area contributed by atoms with Gasteiger partial charge in [-0.1, -0.05) is 6.92 Å². The lowest BCUT2D eigenvalue weighted by atomic mass is 10.3. The molecule has 1 aromatic rings. The lowest BCUT2D eigenvalue weighted by Gasteiger charge is -2.07. The molecule has 5 heteroatoms. The first kappa shape index (κ1) is 10.8. The monoisotopic (exact) mass is 198 g/mol. The van der Waals surface area contributed by atoms with E-state index in [9.17, 15) is 4.39 Å². The van der Waals surface area contributed by atoms with E-state index in [-0.39, 0.29) is 11.6 Å². The average Bonchev–Trinajstić information content (AvgIpc) is 2.21. The molecule has 4 nitrogen and oxygen atoms in total. The number of rotatable bonds is 5. The van der Waals surface area contributed by atoms with E-state index < -0.39 is 0 Å².